The van der Waals surface area contributed by atoms with Gasteiger partial charge in [-0.05, 0) is 50.2 Å². The first kappa shape index (κ1) is 20.3. The highest BCUT2D eigenvalue weighted by atomic mass is 35.5. The molecule has 1 N–H and O–H groups in total. The van der Waals surface area contributed by atoms with Crippen molar-refractivity contribution in [2.24, 2.45) is 0 Å². The quantitative estimate of drug-likeness (QED) is 0.436. The largest absolute Gasteiger partial charge is 0.494 e. The maximum atomic E-state index is 12.7. The van der Waals surface area contributed by atoms with E-state index >= 15 is 0 Å². The third kappa shape index (κ3) is 3.74. The predicted octanol–water partition coefficient (Wildman–Crippen LogP) is 4.49. The van der Waals surface area contributed by atoms with Crippen molar-refractivity contribution in [1.82, 2.24) is 9.55 Å². The molecule has 30 heavy (non-hydrogen) atoms. The fourth-order valence-corrected chi connectivity index (χ4v) is 3.62. The second-order valence-electron chi connectivity index (χ2n) is 6.76. The Morgan fingerprint density at radius 1 is 1.27 bits per heavy atom. The minimum atomic E-state index is -0.581. The fraction of sp³-hybridized carbons (Fsp3) is 0.273. The molecule has 0 unspecified atom stereocenters. The molecule has 0 saturated heterocycles. The van der Waals surface area contributed by atoms with Gasteiger partial charge in [-0.25, -0.2) is 9.78 Å². The van der Waals surface area contributed by atoms with Gasteiger partial charge in [-0.15, -0.1) is 0 Å². The highest BCUT2D eigenvalue weighted by Crippen LogP contribution is 2.29. The molecule has 0 aliphatic heterocycles. The Bertz CT molecular complexity index is 1230. The Labute approximate surface area is 177 Å². The average molecular weight is 429 g/mol. The molecule has 0 bridgehead atoms. The van der Waals surface area contributed by atoms with E-state index in [9.17, 15) is 9.90 Å². The molecule has 4 aromatic rings. The van der Waals surface area contributed by atoms with Crippen molar-refractivity contribution in [2.75, 3.05) is 13.2 Å². The summed E-state index contributed by atoms with van der Waals surface area (Å²) in [6, 6.07) is 10.7. The van der Waals surface area contributed by atoms with Gasteiger partial charge in [-0.3, -0.25) is 0 Å². The minimum Gasteiger partial charge on any atom is -0.494 e. The van der Waals surface area contributed by atoms with Gasteiger partial charge in [0, 0.05) is 22.5 Å². The van der Waals surface area contributed by atoms with Crippen molar-refractivity contribution in [3.05, 3.63) is 58.6 Å². The molecule has 0 atom stereocenters. The number of aromatic nitrogens is 2. The summed E-state index contributed by atoms with van der Waals surface area (Å²) in [6.45, 7) is 4.44. The van der Waals surface area contributed by atoms with Crippen molar-refractivity contribution in [2.45, 2.75) is 27.0 Å². The van der Waals surface area contributed by atoms with Crippen molar-refractivity contribution in [3.63, 3.8) is 0 Å². The van der Waals surface area contributed by atoms with E-state index in [4.69, 9.17) is 25.5 Å². The summed E-state index contributed by atoms with van der Waals surface area (Å²) in [5.74, 6) is 0.793. The number of hydrogen-bond acceptors (Lipinski definition) is 6. The van der Waals surface area contributed by atoms with E-state index in [0.717, 1.165) is 10.9 Å². The first-order valence-corrected chi connectivity index (χ1v) is 9.98. The maximum absolute atomic E-state index is 12.7. The topological polar surface area (TPSA) is 86.7 Å². The number of aryl methyl sites for hydroxylation is 1. The number of rotatable bonds is 7. The number of carbonyl (C=O) groups excluding carboxylic acids is 1. The van der Waals surface area contributed by atoms with Crippen LogP contribution >= 0.6 is 11.6 Å². The zero-order chi connectivity index (χ0) is 21.3. The van der Waals surface area contributed by atoms with Crippen molar-refractivity contribution >= 4 is 39.6 Å². The number of hydrogen-bond donors (Lipinski definition) is 1. The number of benzene rings is 2. The van der Waals surface area contributed by atoms with E-state index < -0.39 is 5.97 Å². The third-order valence-corrected chi connectivity index (χ3v) is 5.08. The zero-order valence-electron chi connectivity index (χ0n) is 16.6. The third-order valence-electron chi connectivity index (χ3n) is 4.85. The van der Waals surface area contributed by atoms with E-state index in [1.165, 1.54) is 0 Å². The lowest BCUT2D eigenvalue weighted by Crippen LogP contribution is -2.11. The van der Waals surface area contributed by atoms with Crippen LogP contribution in [-0.2, 0) is 17.9 Å². The maximum Gasteiger partial charge on any atom is 0.375 e. The Hall–Kier alpha value is -3.03. The summed E-state index contributed by atoms with van der Waals surface area (Å²) >= 11 is 6.08. The molecule has 8 heteroatoms. The molecule has 0 amide bonds. The lowest BCUT2D eigenvalue weighted by molar-refractivity contribution is 0.0422. The number of fused-ring (bicyclic) bond motifs is 2. The van der Waals surface area contributed by atoms with Crippen LogP contribution in [0.2, 0.25) is 5.02 Å². The minimum absolute atomic E-state index is 0.0637. The fourth-order valence-electron chi connectivity index (χ4n) is 3.45. The van der Waals surface area contributed by atoms with Crippen LogP contribution in [0.4, 0.5) is 0 Å². The molecule has 0 saturated carbocycles. The highest BCUT2D eigenvalue weighted by molar-refractivity contribution is 6.31. The molecule has 0 radical (unpaired) electrons. The van der Waals surface area contributed by atoms with Gasteiger partial charge in [0.2, 0.25) is 5.76 Å². The summed E-state index contributed by atoms with van der Waals surface area (Å²) in [5.41, 5.74) is 2.76. The molecule has 2 heterocycles. The first-order chi connectivity index (χ1) is 14.5. The van der Waals surface area contributed by atoms with Gasteiger partial charge in [0.25, 0.3) is 0 Å². The van der Waals surface area contributed by atoms with Gasteiger partial charge in [0.05, 0.1) is 24.2 Å². The molecule has 156 valence electrons. The van der Waals surface area contributed by atoms with E-state index in [1.807, 2.05) is 13.0 Å². The van der Waals surface area contributed by atoms with E-state index in [0.29, 0.717) is 46.4 Å². The van der Waals surface area contributed by atoms with Crippen LogP contribution in [0, 0.1) is 6.92 Å². The molecule has 0 aliphatic rings. The number of carbonyl (C=O) groups is 1. The Kier molecular flexibility index (Phi) is 5.65. The second-order valence-corrected chi connectivity index (χ2v) is 7.20. The molecule has 0 spiro atoms. The van der Waals surface area contributed by atoms with Gasteiger partial charge < -0.3 is 23.6 Å². The molecule has 0 aliphatic carbocycles. The van der Waals surface area contributed by atoms with Gasteiger partial charge >= 0.3 is 5.97 Å². The second kappa shape index (κ2) is 8.38. The summed E-state index contributed by atoms with van der Waals surface area (Å²) in [7, 11) is 0. The Balaban J connectivity index is 1.59. The number of imidazole rings is 1. The standard InChI is InChI=1S/C22H21ClN2O5/c1-3-28-15-5-7-19-16(11-15)13(2)21(30-19)22(27)29-12-20-24-17-6-4-14(23)10-18(17)25(20)8-9-26/h4-7,10-11,26H,3,8-9,12H2,1-2H3. The summed E-state index contributed by atoms with van der Waals surface area (Å²) < 4.78 is 18.5. The normalized spacial score (nSPS) is 11.3. The Morgan fingerprint density at radius 2 is 2.10 bits per heavy atom. The number of furan rings is 1. The van der Waals surface area contributed by atoms with E-state index in [2.05, 4.69) is 4.98 Å². The number of aliphatic hydroxyl groups excluding tert-OH is 1. The summed E-state index contributed by atoms with van der Waals surface area (Å²) in [4.78, 5) is 17.2. The van der Waals surface area contributed by atoms with Crippen LogP contribution in [0.15, 0.2) is 40.8 Å². The van der Waals surface area contributed by atoms with Crippen molar-refractivity contribution in [3.8, 4) is 5.75 Å². The predicted molar refractivity (Wildman–Crippen MR) is 113 cm³/mol. The first-order valence-electron chi connectivity index (χ1n) is 9.60. The number of esters is 1. The van der Waals surface area contributed by atoms with Crippen LogP contribution in [0.25, 0.3) is 22.0 Å². The number of nitrogens with zero attached hydrogens (tertiary/aromatic N) is 2. The molecule has 4 rings (SSSR count). The van der Waals surface area contributed by atoms with Crippen molar-refractivity contribution < 1.29 is 23.8 Å². The SMILES string of the molecule is CCOc1ccc2oc(C(=O)OCc3nc4ccc(Cl)cc4n3CCO)c(C)c2c1. The number of halogens is 1. The monoisotopic (exact) mass is 428 g/mol. The summed E-state index contributed by atoms with van der Waals surface area (Å²) in [6.07, 6.45) is 0. The van der Waals surface area contributed by atoms with Crippen LogP contribution in [-0.4, -0.2) is 33.8 Å². The molecular formula is C22H21ClN2O5. The Morgan fingerprint density at radius 3 is 2.87 bits per heavy atom. The molecule has 0 fully saturated rings. The zero-order valence-corrected chi connectivity index (χ0v) is 17.4. The van der Waals surface area contributed by atoms with Gasteiger partial charge in [-0.2, -0.15) is 0 Å². The van der Waals surface area contributed by atoms with Gasteiger partial charge in [0.1, 0.15) is 23.8 Å². The van der Waals surface area contributed by atoms with Crippen LogP contribution in [0.3, 0.4) is 0 Å². The molecule has 7 nitrogen and oxygen atoms in total. The highest BCUT2D eigenvalue weighted by Gasteiger charge is 2.21. The lowest BCUT2D eigenvalue weighted by atomic mass is 10.1. The van der Waals surface area contributed by atoms with Crippen molar-refractivity contribution in [1.29, 1.82) is 0 Å². The van der Waals surface area contributed by atoms with Crippen LogP contribution in [0.5, 0.6) is 5.75 Å². The molecular weight excluding hydrogens is 408 g/mol. The molecule has 2 aromatic carbocycles. The van der Waals surface area contributed by atoms with E-state index in [-0.39, 0.29) is 19.0 Å². The summed E-state index contributed by atoms with van der Waals surface area (Å²) in [5, 5.41) is 10.8. The van der Waals surface area contributed by atoms with E-state index in [1.54, 1.807) is 41.8 Å². The number of ether oxygens (including phenoxy) is 2. The number of aliphatic hydroxyl groups is 1. The van der Waals surface area contributed by atoms with Gasteiger partial charge in [0.15, 0.2) is 0 Å². The smallest absolute Gasteiger partial charge is 0.375 e. The average Bonchev–Trinajstić information content (AvgIpc) is 3.24. The van der Waals surface area contributed by atoms with Gasteiger partial charge in [-0.1, -0.05) is 11.6 Å². The molecule has 2 aromatic heterocycles. The lowest BCUT2D eigenvalue weighted by Gasteiger charge is -2.08. The van der Waals surface area contributed by atoms with Crippen LogP contribution in [0.1, 0.15) is 28.9 Å². The van der Waals surface area contributed by atoms with Crippen LogP contribution < -0.4 is 4.74 Å².